The first-order valence-electron chi connectivity index (χ1n) is 7.07. The van der Waals surface area contributed by atoms with Crippen molar-refractivity contribution >= 4 is 12.0 Å². The summed E-state index contributed by atoms with van der Waals surface area (Å²) in [5.74, 6) is -0.344. The Labute approximate surface area is 110 Å². The van der Waals surface area contributed by atoms with Gasteiger partial charge in [-0.25, -0.2) is 4.79 Å². The molecule has 0 bridgehead atoms. The topological polar surface area (TPSA) is 46.5 Å². The fraction of sp³-hybridized carbons (Fsp3) is 0.733. The molecule has 0 saturated heterocycles. The third-order valence-corrected chi connectivity index (χ3v) is 2.82. The summed E-state index contributed by atoms with van der Waals surface area (Å²) in [6.07, 6.45) is 16.6. The number of carbonyl (C=O) groups excluding carboxylic acids is 2. The molecule has 3 heteroatoms. The Bertz CT molecular complexity index is 278. The molecule has 0 unspecified atom stereocenters. The third-order valence-electron chi connectivity index (χ3n) is 2.82. The maximum absolute atomic E-state index is 10.9. The van der Waals surface area contributed by atoms with Crippen molar-refractivity contribution in [1.29, 1.82) is 0 Å². The first-order chi connectivity index (χ1) is 8.81. The van der Waals surface area contributed by atoms with E-state index < -0.39 is 0 Å². The van der Waals surface area contributed by atoms with E-state index >= 15 is 0 Å². The van der Waals surface area contributed by atoms with Gasteiger partial charge in [-0.1, -0.05) is 51.2 Å². The highest BCUT2D eigenvalue weighted by molar-refractivity contribution is 5.81. The van der Waals surface area contributed by atoms with Crippen molar-refractivity contribution in [3.05, 3.63) is 12.2 Å². The maximum Gasteiger partial charge on any atom is 0.256 e. The predicted octanol–water partition coefficient (Wildman–Crippen LogP) is 4.33. The molecule has 0 radical (unpaired) electrons. The summed E-state index contributed by atoms with van der Waals surface area (Å²) in [4.78, 5) is 23.7. The molecule has 0 N–H and O–H groups in total. The van der Waals surface area contributed by atoms with E-state index in [0.717, 1.165) is 25.7 Å². The molecule has 3 nitrogen and oxygen atoms in total. The zero-order chi connectivity index (χ0) is 13.5. The largest absolute Gasteiger partial charge is 0.272 e. The monoisotopic (exact) mass is 251 g/mol. The molecular weight excluding hydrogens is 226 g/mol. The molecule has 18 heavy (non-hydrogen) atoms. The summed E-state index contributed by atoms with van der Waals surface area (Å²) < 4.78 is 0. The number of carbonyl (C=O) groups is 1. The van der Waals surface area contributed by atoms with Gasteiger partial charge >= 0.3 is 0 Å². The van der Waals surface area contributed by atoms with E-state index in [1.807, 2.05) is 0 Å². The van der Waals surface area contributed by atoms with Gasteiger partial charge in [-0.3, -0.25) is 4.79 Å². The lowest BCUT2D eigenvalue weighted by molar-refractivity contribution is -0.117. The molecule has 0 aromatic carbocycles. The fourth-order valence-electron chi connectivity index (χ4n) is 1.73. The summed E-state index contributed by atoms with van der Waals surface area (Å²) in [7, 11) is 0. The first-order valence-corrected chi connectivity index (χ1v) is 7.07. The summed E-state index contributed by atoms with van der Waals surface area (Å²) in [5, 5.41) is 0. The number of hydrogen-bond acceptors (Lipinski definition) is 2. The van der Waals surface area contributed by atoms with E-state index in [9.17, 15) is 9.59 Å². The standard InChI is InChI=1S/C15H25NO2/c1-2-3-4-5-6-7-8-9-10-11-12-13-15(18)16-14-17/h5-6H,2-4,7-13H2,1H3/b6-5-. The van der Waals surface area contributed by atoms with Gasteiger partial charge in [-0.15, -0.1) is 4.99 Å². The number of isocyanates is 1. The zero-order valence-corrected chi connectivity index (χ0v) is 11.5. The van der Waals surface area contributed by atoms with Crippen LogP contribution in [0.15, 0.2) is 17.1 Å². The molecule has 0 aliphatic rings. The van der Waals surface area contributed by atoms with Crippen molar-refractivity contribution < 1.29 is 9.59 Å². The van der Waals surface area contributed by atoms with Gasteiger partial charge in [0.25, 0.3) is 5.91 Å². The lowest BCUT2D eigenvalue weighted by Gasteiger charge is -1.98. The van der Waals surface area contributed by atoms with Crippen molar-refractivity contribution in [1.82, 2.24) is 0 Å². The Morgan fingerprint density at radius 1 is 1.00 bits per heavy atom. The number of allylic oxidation sites excluding steroid dienone is 2. The van der Waals surface area contributed by atoms with Gasteiger partial charge in [0.05, 0.1) is 0 Å². The van der Waals surface area contributed by atoms with Crippen molar-refractivity contribution in [3.8, 4) is 0 Å². The molecule has 0 atom stereocenters. The van der Waals surface area contributed by atoms with E-state index in [4.69, 9.17) is 0 Å². The van der Waals surface area contributed by atoms with Crippen LogP contribution in [-0.2, 0) is 9.59 Å². The Hall–Kier alpha value is -1.21. The average molecular weight is 251 g/mol. The number of aliphatic imine (C=N–C) groups is 1. The molecule has 0 spiro atoms. The minimum Gasteiger partial charge on any atom is -0.272 e. The maximum atomic E-state index is 10.9. The predicted molar refractivity (Wildman–Crippen MR) is 74.1 cm³/mol. The van der Waals surface area contributed by atoms with Gasteiger partial charge in [0, 0.05) is 6.42 Å². The van der Waals surface area contributed by atoms with Gasteiger partial charge < -0.3 is 0 Å². The van der Waals surface area contributed by atoms with Crippen molar-refractivity contribution in [2.75, 3.05) is 0 Å². The lowest BCUT2D eigenvalue weighted by Crippen LogP contribution is -1.92. The van der Waals surface area contributed by atoms with Crippen molar-refractivity contribution in [3.63, 3.8) is 0 Å². The SMILES string of the molecule is CCCC/C=C\CCCCCCCC(=O)N=C=O. The molecule has 0 saturated carbocycles. The van der Waals surface area contributed by atoms with Crippen LogP contribution in [-0.4, -0.2) is 12.0 Å². The zero-order valence-electron chi connectivity index (χ0n) is 11.5. The molecule has 0 aliphatic heterocycles. The number of nitrogens with zero attached hydrogens (tertiary/aromatic N) is 1. The highest BCUT2D eigenvalue weighted by Crippen LogP contribution is 2.08. The molecule has 0 heterocycles. The Morgan fingerprint density at radius 2 is 1.61 bits per heavy atom. The number of hydrogen-bond donors (Lipinski definition) is 0. The van der Waals surface area contributed by atoms with Crippen LogP contribution >= 0.6 is 0 Å². The minimum absolute atomic E-state index is 0.344. The molecule has 0 fully saturated rings. The van der Waals surface area contributed by atoms with Crippen LogP contribution in [0.5, 0.6) is 0 Å². The van der Waals surface area contributed by atoms with Gasteiger partial charge in [-0.05, 0) is 25.7 Å². The van der Waals surface area contributed by atoms with Crippen LogP contribution in [0.4, 0.5) is 0 Å². The third kappa shape index (κ3) is 12.9. The van der Waals surface area contributed by atoms with E-state index in [2.05, 4.69) is 24.1 Å². The van der Waals surface area contributed by atoms with E-state index in [1.54, 1.807) is 0 Å². The van der Waals surface area contributed by atoms with E-state index in [1.165, 1.54) is 38.2 Å². The van der Waals surface area contributed by atoms with Crippen LogP contribution in [0.1, 0.15) is 71.1 Å². The highest BCUT2D eigenvalue weighted by atomic mass is 16.2. The Kier molecular flexibility index (Phi) is 12.9. The highest BCUT2D eigenvalue weighted by Gasteiger charge is 1.97. The molecule has 0 aromatic heterocycles. The molecule has 102 valence electrons. The van der Waals surface area contributed by atoms with Crippen molar-refractivity contribution in [2.24, 2.45) is 4.99 Å². The lowest BCUT2D eigenvalue weighted by atomic mass is 10.1. The molecular formula is C15H25NO2. The minimum atomic E-state index is -0.344. The Balaban J connectivity index is 3.18. The first kappa shape index (κ1) is 16.8. The molecule has 0 aliphatic carbocycles. The van der Waals surface area contributed by atoms with Crippen LogP contribution < -0.4 is 0 Å². The second-order valence-corrected chi connectivity index (χ2v) is 4.52. The van der Waals surface area contributed by atoms with Gasteiger partial charge in [-0.2, -0.15) is 0 Å². The second-order valence-electron chi connectivity index (χ2n) is 4.52. The van der Waals surface area contributed by atoms with Crippen LogP contribution in [0.2, 0.25) is 0 Å². The molecule has 0 rings (SSSR count). The van der Waals surface area contributed by atoms with Crippen LogP contribution in [0.3, 0.4) is 0 Å². The van der Waals surface area contributed by atoms with E-state index in [-0.39, 0.29) is 5.91 Å². The summed E-state index contributed by atoms with van der Waals surface area (Å²) >= 11 is 0. The smallest absolute Gasteiger partial charge is 0.256 e. The number of unbranched alkanes of at least 4 members (excludes halogenated alkanes) is 7. The summed E-state index contributed by atoms with van der Waals surface area (Å²) in [6.45, 7) is 2.21. The fourth-order valence-corrected chi connectivity index (χ4v) is 1.73. The van der Waals surface area contributed by atoms with Crippen LogP contribution in [0.25, 0.3) is 0 Å². The van der Waals surface area contributed by atoms with Crippen molar-refractivity contribution in [2.45, 2.75) is 71.1 Å². The second kappa shape index (κ2) is 13.9. The molecule has 1 amide bonds. The quantitative estimate of drug-likeness (QED) is 0.237. The van der Waals surface area contributed by atoms with Gasteiger partial charge in [0.1, 0.15) is 0 Å². The number of rotatable bonds is 11. The summed E-state index contributed by atoms with van der Waals surface area (Å²) in [6, 6.07) is 0. The summed E-state index contributed by atoms with van der Waals surface area (Å²) in [5.41, 5.74) is 0. The van der Waals surface area contributed by atoms with Crippen LogP contribution in [0, 0.1) is 0 Å². The van der Waals surface area contributed by atoms with Gasteiger partial charge in [0.2, 0.25) is 6.08 Å². The molecule has 0 aromatic rings. The normalized spacial score (nSPS) is 10.5. The number of amides is 1. The average Bonchev–Trinajstić information content (AvgIpc) is 2.36. The van der Waals surface area contributed by atoms with E-state index in [0.29, 0.717) is 6.42 Å². The Morgan fingerprint density at radius 3 is 2.28 bits per heavy atom. The van der Waals surface area contributed by atoms with Gasteiger partial charge in [0.15, 0.2) is 0 Å².